The minimum atomic E-state index is -0.615. The largest absolute Gasteiger partial charge is 0.494 e. The fourth-order valence-electron chi connectivity index (χ4n) is 5.83. The van der Waals surface area contributed by atoms with Gasteiger partial charge in [0.25, 0.3) is 0 Å². The third-order valence-electron chi connectivity index (χ3n) is 8.12. The lowest BCUT2D eigenvalue weighted by atomic mass is 9.93. The maximum absolute atomic E-state index is 13.1. The number of hydrogen-bond acceptors (Lipinski definition) is 8. The molecule has 1 aliphatic carbocycles. The third-order valence-corrected chi connectivity index (χ3v) is 8.12. The number of ether oxygens (including phenoxy) is 4. The summed E-state index contributed by atoms with van der Waals surface area (Å²) in [5.41, 5.74) is 3.56. The summed E-state index contributed by atoms with van der Waals surface area (Å²) in [6.45, 7) is 9.15. The normalized spacial score (nSPS) is 19.5. The molecule has 42 heavy (non-hydrogen) atoms. The van der Waals surface area contributed by atoms with Crippen molar-refractivity contribution in [2.24, 2.45) is 5.92 Å². The highest BCUT2D eigenvalue weighted by Crippen LogP contribution is 2.43. The average Bonchev–Trinajstić information content (AvgIpc) is 3.69. The zero-order chi connectivity index (χ0) is 30.2. The lowest BCUT2D eigenvalue weighted by Crippen LogP contribution is -2.49. The SMILES string of the molecule is COC(=O)c1ccc([C@@H]2C[C@@H](OCC3CC3)CCN2N(C)c2c(OC)cc(C)c3c2ccn3C(=O)OC(C)(C)C)cc1. The fourth-order valence-corrected chi connectivity index (χ4v) is 5.83. The van der Waals surface area contributed by atoms with Crippen molar-refractivity contribution in [3.8, 4) is 5.75 Å². The molecule has 0 N–H and O–H groups in total. The van der Waals surface area contributed by atoms with Crippen molar-refractivity contribution in [1.29, 1.82) is 0 Å². The second kappa shape index (κ2) is 12.0. The Hall–Kier alpha value is -3.56. The number of aryl methyl sites for hydroxylation is 1. The second-order valence-corrected chi connectivity index (χ2v) is 12.4. The van der Waals surface area contributed by atoms with Crippen LogP contribution in [0, 0.1) is 12.8 Å². The number of rotatable bonds is 8. The number of piperidine rings is 1. The molecule has 2 atom stereocenters. The van der Waals surface area contributed by atoms with Crippen LogP contribution < -0.4 is 9.75 Å². The molecule has 0 radical (unpaired) electrons. The van der Waals surface area contributed by atoms with E-state index in [1.54, 1.807) is 17.9 Å². The van der Waals surface area contributed by atoms with E-state index < -0.39 is 11.7 Å². The van der Waals surface area contributed by atoms with Crippen LogP contribution in [0.3, 0.4) is 0 Å². The number of anilines is 1. The van der Waals surface area contributed by atoms with Crippen molar-refractivity contribution in [1.82, 2.24) is 9.58 Å². The van der Waals surface area contributed by atoms with Crippen LogP contribution in [0.1, 0.15) is 74.0 Å². The first-order valence-electron chi connectivity index (χ1n) is 14.7. The quantitative estimate of drug-likeness (QED) is 0.280. The van der Waals surface area contributed by atoms with E-state index in [4.69, 9.17) is 18.9 Å². The van der Waals surface area contributed by atoms with Gasteiger partial charge in [0.15, 0.2) is 0 Å². The summed E-state index contributed by atoms with van der Waals surface area (Å²) < 4.78 is 24.5. The van der Waals surface area contributed by atoms with Gasteiger partial charge in [0.1, 0.15) is 17.0 Å². The highest BCUT2D eigenvalue weighted by Gasteiger charge is 2.36. The van der Waals surface area contributed by atoms with Crippen molar-refractivity contribution < 1.29 is 28.5 Å². The minimum Gasteiger partial charge on any atom is -0.494 e. The van der Waals surface area contributed by atoms with Crippen molar-refractivity contribution in [3.63, 3.8) is 0 Å². The molecule has 9 nitrogen and oxygen atoms in total. The number of hydrazine groups is 1. The first-order chi connectivity index (χ1) is 20.0. The Kier molecular flexibility index (Phi) is 8.53. The number of nitrogens with zero attached hydrogens (tertiary/aromatic N) is 3. The summed E-state index contributed by atoms with van der Waals surface area (Å²) in [6.07, 6.45) is 5.71. The van der Waals surface area contributed by atoms with Gasteiger partial charge in [-0.1, -0.05) is 12.1 Å². The molecular weight excluding hydrogens is 534 g/mol. The zero-order valence-corrected chi connectivity index (χ0v) is 25.8. The third kappa shape index (κ3) is 6.27. The summed E-state index contributed by atoms with van der Waals surface area (Å²) in [5.74, 6) is 1.06. The lowest BCUT2D eigenvalue weighted by molar-refractivity contribution is -0.0224. The monoisotopic (exact) mass is 577 g/mol. The molecule has 0 amide bonds. The first-order valence-corrected chi connectivity index (χ1v) is 14.7. The number of fused-ring (bicyclic) bond motifs is 1. The van der Waals surface area contributed by atoms with Gasteiger partial charge in [-0.15, -0.1) is 0 Å². The highest BCUT2D eigenvalue weighted by molar-refractivity contribution is 6.01. The van der Waals surface area contributed by atoms with Crippen LogP contribution in [0.25, 0.3) is 10.9 Å². The zero-order valence-electron chi connectivity index (χ0n) is 25.8. The number of esters is 1. The molecule has 2 aliphatic rings. The fraction of sp³-hybridized carbons (Fsp3) is 0.515. The average molecular weight is 578 g/mol. The maximum atomic E-state index is 13.1. The molecule has 3 aromatic rings. The molecule has 1 saturated carbocycles. The number of aromatic nitrogens is 1. The van der Waals surface area contributed by atoms with E-state index in [-0.39, 0.29) is 18.1 Å². The molecule has 1 saturated heterocycles. The molecule has 2 heterocycles. The Morgan fingerprint density at radius 1 is 1.05 bits per heavy atom. The highest BCUT2D eigenvalue weighted by atomic mass is 16.6. The van der Waals surface area contributed by atoms with Gasteiger partial charge in [-0.3, -0.25) is 4.57 Å². The Bertz CT molecular complexity index is 1440. The minimum absolute atomic E-state index is 0.00588. The number of methoxy groups -OCH3 is 2. The summed E-state index contributed by atoms with van der Waals surface area (Å²) in [5, 5.41) is 5.38. The van der Waals surface area contributed by atoms with E-state index in [0.717, 1.165) is 59.5 Å². The Labute approximate surface area is 248 Å². The second-order valence-electron chi connectivity index (χ2n) is 12.4. The van der Waals surface area contributed by atoms with Gasteiger partial charge >= 0.3 is 12.1 Å². The molecule has 1 aliphatic heterocycles. The van der Waals surface area contributed by atoms with Gasteiger partial charge in [0.2, 0.25) is 0 Å². The van der Waals surface area contributed by atoms with Gasteiger partial charge in [-0.2, -0.15) is 0 Å². The topological polar surface area (TPSA) is 82.5 Å². The van der Waals surface area contributed by atoms with E-state index >= 15 is 0 Å². The molecule has 0 unspecified atom stereocenters. The van der Waals surface area contributed by atoms with Crippen molar-refractivity contribution in [3.05, 3.63) is 59.3 Å². The molecule has 2 aromatic carbocycles. The summed E-state index contributed by atoms with van der Waals surface area (Å²) >= 11 is 0. The lowest BCUT2D eigenvalue weighted by Gasteiger charge is -2.45. The van der Waals surface area contributed by atoms with Gasteiger partial charge in [0.05, 0.1) is 37.4 Å². The molecule has 0 bridgehead atoms. The van der Waals surface area contributed by atoms with Crippen LogP contribution in [0.15, 0.2) is 42.6 Å². The molecule has 0 spiro atoms. The Morgan fingerprint density at radius 2 is 1.76 bits per heavy atom. The van der Waals surface area contributed by atoms with Crippen LogP contribution in [-0.2, 0) is 14.2 Å². The van der Waals surface area contributed by atoms with Gasteiger partial charge in [-0.05, 0) is 94.7 Å². The summed E-state index contributed by atoms with van der Waals surface area (Å²) in [4.78, 5) is 25.3. The van der Waals surface area contributed by atoms with Crippen LogP contribution in [-0.4, -0.2) is 67.8 Å². The molecule has 9 heteroatoms. The molecule has 5 rings (SSSR count). The summed E-state index contributed by atoms with van der Waals surface area (Å²) in [7, 11) is 5.10. The predicted octanol–water partition coefficient (Wildman–Crippen LogP) is 6.51. The number of benzene rings is 2. The number of carbonyl (C=O) groups is 2. The van der Waals surface area contributed by atoms with Crippen LogP contribution >= 0.6 is 0 Å². The van der Waals surface area contributed by atoms with Crippen LogP contribution in [0.2, 0.25) is 0 Å². The summed E-state index contributed by atoms with van der Waals surface area (Å²) in [6, 6.07) is 11.6. The van der Waals surface area contributed by atoms with Gasteiger partial charge < -0.3 is 24.0 Å². The molecule has 1 aromatic heterocycles. The number of carbonyl (C=O) groups excluding carboxylic acids is 2. The smallest absolute Gasteiger partial charge is 0.419 e. The van der Waals surface area contributed by atoms with Gasteiger partial charge in [0, 0.05) is 31.8 Å². The molecule has 226 valence electrons. The van der Waals surface area contributed by atoms with Crippen LogP contribution in [0.4, 0.5) is 10.5 Å². The van der Waals surface area contributed by atoms with E-state index in [2.05, 4.69) is 10.0 Å². The maximum Gasteiger partial charge on any atom is 0.419 e. The van der Waals surface area contributed by atoms with Crippen molar-refractivity contribution >= 4 is 28.7 Å². The Morgan fingerprint density at radius 3 is 2.38 bits per heavy atom. The molecule has 2 fully saturated rings. The predicted molar refractivity (Wildman–Crippen MR) is 162 cm³/mol. The Balaban J connectivity index is 1.52. The van der Waals surface area contributed by atoms with Crippen molar-refractivity contribution in [2.45, 2.75) is 71.1 Å². The first kappa shape index (κ1) is 29.9. The van der Waals surface area contributed by atoms with E-state index in [1.165, 1.54) is 20.0 Å². The van der Waals surface area contributed by atoms with Crippen molar-refractivity contribution in [2.75, 3.05) is 39.4 Å². The van der Waals surface area contributed by atoms with Gasteiger partial charge in [-0.25, -0.2) is 14.6 Å². The molecular formula is C33H43N3O6. The van der Waals surface area contributed by atoms with E-state index in [9.17, 15) is 9.59 Å². The standard InChI is InChI=1S/C33H43N3O6/c1-21-18-28(39-6)30(26-15-16-35(29(21)26)32(38)42-33(2,3)4)34(5)36-17-14-25(41-20-22-8-9-22)19-27(36)23-10-12-24(13-11-23)31(37)40-7/h10-13,15-16,18,22,25,27H,8-9,14,17,19-20H2,1-7H3/t25-,27-/m0/s1. The van der Waals surface area contributed by atoms with E-state index in [0.29, 0.717) is 11.5 Å². The van der Waals surface area contributed by atoms with Crippen LogP contribution in [0.5, 0.6) is 5.75 Å². The van der Waals surface area contributed by atoms with E-state index in [1.807, 2.05) is 71.1 Å². The number of hydrogen-bond donors (Lipinski definition) is 0.